The fourth-order valence-corrected chi connectivity index (χ4v) is 1.41. The minimum Gasteiger partial charge on any atom is -0.508 e. The van der Waals surface area contributed by atoms with Crippen molar-refractivity contribution in [2.45, 2.75) is 13.8 Å². The van der Waals surface area contributed by atoms with E-state index in [0.29, 0.717) is 10.9 Å². The first-order valence-electron chi connectivity index (χ1n) is 4.35. The zero-order chi connectivity index (χ0) is 10.3. The van der Waals surface area contributed by atoms with Crippen LogP contribution in [0.1, 0.15) is 11.3 Å². The molecule has 1 aromatic heterocycles. The normalized spacial score (nSPS) is 10.8. The highest BCUT2D eigenvalue weighted by Crippen LogP contribution is 2.27. The average molecular weight is 191 g/mol. The summed E-state index contributed by atoms with van der Waals surface area (Å²) >= 11 is 0. The van der Waals surface area contributed by atoms with E-state index in [1.54, 1.807) is 19.1 Å². The molecule has 0 saturated heterocycles. The van der Waals surface area contributed by atoms with Crippen LogP contribution in [0.5, 0.6) is 5.75 Å². The highest BCUT2D eigenvalue weighted by molar-refractivity contribution is 5.82. The summed E-state index contributed by atoms with van der Waals surface area (Å²) in [7, 11) is 0. The van der Waals surface area contributed by atoms with Crippen molar-refractivity contribution in [1.82, 2.24) is 4.98 Å². The second-order valence-electron chi connectivity index (χ2n) is 3.36. The van der Waals surface area contributed by atoms with Gasteiger partial charge in [0.15, 0.2) is 5.82 Å². The van der Waals surface area contributed by atoms with Gasteiger partial charge in [-0.1, -0.05) is 6.07 Å². The Morgan fingerprint density at radius 2 is 2.00 bits per heavy atom. The number of rotatable bonds is 0. The van der Waals surface area contributed by atoms with Gasteiger partial charge in [-0.15, -0.1) is 0 Å². The lowest BCUT2D eigenvalue weighted by atomic mass is 10.1. The number of benzene rings is 1. The molecule has 0 aliphatic rings. The summed E-state index contributed by atoms with van der Waals surface area (Å²) in [6.45, 7) is 3.34. The molecule has 0 aliphatic carbocycles. The third kappa shape index (κ3) is 1.21. The Balaban J connectivity index is 2.92. The first-order valence-corrected chi connectivity index (χ1v) is 4.35. The molecular weight excluding hydrogens is 181 g/mol. The van der Waals surface area contributed by atoms with Gasteiger partial charge in [0.05, 0.1) is 0 Å². The van der Waals surface area contributed by atoms with Crippen LogP contribution in [0.15, 0.2) is 18.2 Å². The molecule has 0 atom stereocenters. The lowest BCUT2D eigenvalue weighted by Gasteiger charge is -2.05. The number of halogens is 1. The smallest absolute Gasteiger partial charge is 0.156 e. The number of phenolic OH excluding ortho intramolecular Hbond substituents is 1. The molecule has 0 aliphatic heterocycles. The Morgan fingerprint density at radius 3 is 2.71 bits per heavy atom. The third-order valence-electron chi connectivity index (χ3n) is 2.28. The van der Waals surface area contributed by atoms with Crippen molar-refractivity contribution in [2.75, 3.05) is 0 Å². The van der Waals surface area contributed by atoms with Crippen LogP contribution in [0, 0.1) is 19.7 Å². The monoisotopic (exact) mass is 191 g/mol. The van der Waals surface area contributed by atoms with Crippen LogP contribution in [-0.4, -0.2) is 10.1 Å². The largest absolute Gasteiger partial charge is 0.508 e. The lowest BCUT2D eigenvalue weighted by molar-refractivity contribution is 0.465. The minimum atomic E-state index is -0.441. The number of pyridine rings is 1. The molecule has 2 nitrogen and oxygen atoms in total. The minimum absolute atomic E-state index is 0.0272. The van der Waals surface area contributed by atoms with E-state index in [-0.39, 0.29) is 11.3 Å². The molecule has 0 bridgehead atoms. The van der Waals surface area contributed by atoms with Crippen LogP contribution >= 0.6 is 0 Å². The molecule has 0 saturated carbocycles. The van der Waals surface area contributed by atoms with Gasteiger partial charge in [-0.2, -0.15) is 0 Å². The number of nitrogens with zero attached hydrogens (tertiary/aromatic N) is 1. The maximum absolute atomic E-state index is 13.6. The van der Waals surface area contributed by atoms with Crippen LogP contribution in [0.3, 0.4) is 0 Å². The molecule has 1 aromatic carbocycles. The van der Waals surface area contributed by atoms with Gasteiger partial charge in [0.2, 0.25) is 0 Å². The van der Waals surface area contributed by atoms with Crippen LogP contribution in [0.2, 0.25) is 0 Å². The van der Waals surface area contributed by atoms with E-state index in [1.165, 1.54) is 13.0 Å². The molecule has 14 heavy (non-hydrogen) atoms. The number of aromatic hydroxyl groups is 1. The molecule has 1 heterocycles. The summed E-state index contributed by atoms with van der Waals surface area (Å²) in [5, 5.41) is 10.0. The van der Waals surface area contributed by atoms with E-state index >= 15 is 0 Å². The average Bonchev–Trinajstić information content (AvgIpc) is 2.16. The van der Waals surface area contributed by atoms with Gasteiger partial charge in [0, 0.05) is 16.6 Å². The highest BCUT2D eigenvalue weighted by atomic mass is 19.1. The summed E-state index contributed by atoms with van der Waals surface area (Å²) in [6.07, 6.45) is 0. The maximum atomic E-state index is 13.6. The molecule has 0 spiro atoms. The van der Waals surface area contributed by atoms with Crippen LogP contribution in [0.4, 0.5) is 4.39 Å². The van der Waals surface area contributed by atoms with Crippen molar-refractivity contribution < 1.29 is 9.50 Å². The number of aryl methyl sites for hydroxylation is 1. The van der Waals surface area contributed by atoms with E-state index in [4.69, 9.17) is 0 Å². The van der Waals surface area contributed by atoms with Crippen LogP contribution < -0.4 is 0 Å². The highest BCUT2D eigenvalue weighted by Gasteiger charge is 2.09. The van der Waals surface area contributed by atoms with Gasteiger partial charge < -0.3 is 5.11 Å². The predicted octanol–water partition coefficient (Wildman–Crippen LogP) is 2.70. The van der Waals surface area contributed by atoms with Crippen LogP contribution in [0.25, 0.3) is 10.9 Å². The van der Waals surface area contributed by atoms with Crippen LogP contribution in [-0.2, 0) is 0 Å². The molecular formula is C11H10FNO. The second kappa shape index (κ2) is 2.94. The van der Waals surface area contributed by atoms with Gasteiger partial charge in [0.25, 0.3) is 0 Å². The number of phenols is 1. The molecule has 3 heteroatoms. The Labute approximate surface area is 81.0 Å². The standard InChI is InChI=1S/C11H10FNO/c1-6-3-4-8-5-9(14)7(2)10(12)11(8)13-6/h3-5,14H,1-2H3. The van der Waals surface area contributed by atoms with Gasteiger partial charge >= 0.3 is 0 Å². The Hall–Kier alpha value is -1.64. The molecule has 0 unspecified atom stereocenters. The quantitative estimate of drug-likeness (QED) is 0.694. The molecule has 72 valence electrons. The molecule has 2 aromatic rings. The Bertz CT molecular complexity index is 508. The van der Waals surface area contributed by atoms with Crippen molar-refractivity contribution in [1.29, 1.82) is 0 Å². The summed E-state index contributed by atoms with van der Waals surface area (Å²) in [6, 6.07) is 5.07. The fourth-order valence-electron chi connectivity index (χ4n) is 1.41. The third-order valence-corrected chi connectivity index (χ3v) is 2.28. The lowest BCUT2D eigenvalue weighted by Crippen LogP contribution is -1.91. The second-order valence-corrected chi connectivity index (χ2v) is 3.36. The van der Waals surface area contributed by atoms with Crippen molar-refractivity contribution in [3.8, 4) is 5.75 Å². The van der Waals surface area contributed by atoms with E-state index in [0.717, 1.165) is 5.69 Å². The summed E-state index contributed by atoms with van der Waals surface area (Å²) in [5.41, 5.74) is 1.33. The summed E-state index contributed by atoms with van der Waals surface area (Å²) in [5.74, 6) is -0.468. The maximum Gasteiger partial charge on any atom is 0.156 e. The summed E-state index contributed by atoms with van der Waals surface area (Å²) in [4.78, 5) is 4.09. The van der Waals surface area contributed by atoms with Crippen molar-refractivity contribution in [2.24, 2.45) is 0 Å². The first kappa shape index (κ1) is 8.94. The number of hydrogen-bond donors (Lipinski definition) is 1. The molecule has 0 amide bonds. The zero-order valence-electron chi connectivity index (χ0n) is 8.00. The Morgan fingerprint density at radius 1 is 1.29 bits per heavy atom. The number of hydrogen-bond acceptors (Lipinski definition) is 2. The fraction of sp³-hybridized carbons (Fsp3) is 0.182. The van der Waals surface area contributed by atoms with Crippen molar-refractivity contribution in [3.05, 3.63) is 35.3 Å². The van der Waals surface area contributed by atoms with Crippen molar-refractivity contribution >= 4 is 10.9 Å². The predicted molar refractivity (Wildman–Crippen MR) is 52.8 cm³/mol. The Kier molecular flexibility index (Phi) is 1.88. The van der Waals surface area contributed by atoms with E-state index in [9.17, 15) is 9.50 Å². The first-order chi connectivity index (χ1) is 6.59. The van der Waals surface area contributed by atoms with Crippen molar-refractivity contribution in [3.63, 3.8) is 0 Å². The van der Waals surface area contributed by atoms with Gasteiger partial charge in [0.1, 0.15) is 11.3 Å². The number of fused-ring (bicyclic) bond motifs is 1. The van der Waals surface area contributed by atoms with Gasteiger partial charge in [-0.3, -0.25) is 4.98 Å². The molecule has 2 rings (SSSR count). The van der Waals surface area contributed by atoms with E-state index < -0.39 is 5.82 Å². The summed E-state index contributed by atoms with van der Waals surface area (Å²) < 4.78 is 13.6. The molecule has 0 radical (unpaired) electrons. The van der Waals surface area contributed by atoms with Gasteiger partial charge in [-0.05, 0) is 26.0 Å². The molecule has 1 N–H and O–H groups in total. The topological polar surface area (TPSA) is 33.1 Å². The number of aromatic nitrogens is 1. The zero-order valence-corrected chi connectivity index (χ0v) is 8.00. The van der Waals surface area contributed by atoms with Gasteiger partial charge in [-0.25, -0.2) is 4.39 Å². The SMILES string of the molecule is Cc1ccc2cc(O)c(C)c(F)c2n1. The molecule has 0 fully saturated rings. The van der Waals surface area contributed by atoms with E-state index in [2.05, 4.69) is 4.98 Å². The van der Waals surface area contributed by atoms with E-state index in [1.807, 2.05) is 0 Å².